The van der Waals surface area contributed by atoms with Gasteiger partial charge in [0.15, 0.2) is 0 Å². The van der Waals surface area contributed by atoms with Crippen LogP contribution in [-0.2, 0) is 6.54 Å². The van der Waals surface area contributed by atoms with Gasteiger partial charge in [0.25, 0.3) is 0 Å². The van der Waals surface area contributed by atoms with E-state index in [4.69, 9.17) is 0 Å². The number of hydrogen-bond donors (Lipinski definition) is 2. The molecule has 1 atom stereocenters. The van der Waals surface area contributed by atoms with Gasteiger partial charge < -0.3 is 5.32 Å². The molecule has 1 heterocycles. The van der Waals surface area contributed by atoms with Crippen molar-refractivity contribution in [3.63, 3.8) is 0 Å². The molecule has 1 aromatic rings. The van der Waals surface area contributed by atoms with Crippen molar-refractivity contribution < 1.29 is 0 Å². The minimum absolute atomic E-state index is 0.623. The van der Waals surface area contributed by atoms with Crippen LogP contribution >= 0.6 is 0 Å². The average molecular weight is 221 g/mol. The zero-order valence-corrected chi connectivity index (χ0v) is 10.4. The van der Waals surface area contributed by atoms with E-state index in [1.54, 1.807) is 0 Å². The smallest absolute Gasteiger partial charge is 0.0535 e. The maximum atomic E-state index is 4.04. The van der Waals surface area contributed by atoms with Gasteiger partial charge in [0.05, 0.1) is 6.20 Å². The molecule has 0 aromatic carbocycles. The van der Waals surface area contributed by atoms with E-state index < -0.39 is 0 Å². The standard InChI is InChI=1S/C13H23N3/c1-10(7-12-5-3-4-6-12)14-8-13-9-15-16-11(13)2/h9-10,12,14H,3-8H2,1-2H3,(H,15,16). The molecule has 16 heavy (non-hydrogen) atoms. The highest BCUT2D eigenvalue weighted by Crippen LogP contribution is 2.28. The van der Waals surface area contributed by atoms with E-state index in [1.807, 2.05) is 6.20 Å². The first kappa shape index (κ1) is 11.6. The Hall–Kier alpha value is -0.830. The number of nitrogens with zero attached hydrogens (tertiary/aromatic N) is 1. The first-order valence-electron chi connectivity index (χ1n) is 6.48. The zero-order valence-electron chi connectivity index (χ0n) is 10.4. The van der Waals surface area contributed by atoms with Crippen molar-refractivity contribution in [3.8, 4) is 0 Å². The van der Waals surface area contributed by atoms with E-state index >= 15 is 0 Å². The van der Waals surface area contributed by atoms with E-state index in [-0.39, 0.29) is 0 Å². The average Bonchev–Trinajstić information content (AvgIpc) is 2.87. The maximum absolute atomic E-state index is 4.04. The first-order chi connectivity index (χ1) is 7.75. The van der Waals surface area contributed by atoms with Crippen molar-refractivity contribution in [2.45, 2.75) is 58.5 Å². The molecule has 0 spiro atoms. The minimum Gasteiger partial charge on any atom is -0.310 e. The summed E-state index contributed by atoms with van der Waals surface area (Å²) in [5.41, 5.74) is 2.47. The molecule has 1 aliphatic rings. The molecule has 1 aromatic heterocycles. The highest BCUT2D eigenvalue weighted by Gasteiger charge is 2.17. The summed E-state index contributed by atoms with van der Waals surface area (Å²) in [6, 6.07) is 0.623. The minimum atomic E-state index is 0.623. The third-order valence-electron chi connectivity index (χ3n) is 3.74. The Balaban J connectivity index is 1.71. The highest BCUT2D eigenvalue weighted by atomic mass is 15.1. The molecule has 1 saturated carbocycles. The maximum Gasteiger partial charge on any atom is 0.0535 e. The Morgan fingerprint density at radius 2 is 2.25 bits per heavy atom. The molecule has 1 unspecified atom stereocenters. The van der Waals surface area contributed by atoms with Gasteiger partial charge in [-0.1, -0.05) is 25.7 Å². The van der Waals surface area contributed by atoms with E-state index in [0.717, 1.165) is 12.5 Å². The van der Waals surface area contributed by atoms with Gasteiger partial charge in [-0.3, -0.25) is 5.10 Å². The number of aryl methyl sites for hydroxylation is 1. The Morgan fingerprint density at radius 1 is 1.50 bits per heavy atom. The molecular weight excluding hydrogens is 198 g/mol. The lowest BCUT2D eigenvalue weighted by molar-refractivity contribution is 0.404. The summed E-state index contributed by atoms with van der Waals surface area (Å²) in [6.07, 6.45) is 9.02. The van der Waals surface area contributed by atoms with Gasteiger partial charge in [0, 0.05) is 23.8 Å². The highest BCUT2D eigenvalue weighted by molar-refractivity contribution is 5.13. The summed E-state index contributed by atoms with van der Waals surface area (Å²) in [5, 5.41) is 10.6. The van der Waals surface area contributed by atoms with Gasteiger partial charge in [-0.2, -0.15) is 5.10 Å². The number of nitrogens with one attached hydrogen (secondary N) is 2. The molecule has 2 N–H and O–H groups in total. The molecule has 0 amide bonds. The predicted molar refractivity (Wildman–Crippen MR) is 66.2 cm³/mol. The lowest BCUT2D eigenvalue weighted by Crippen LogP contribution is -2.27. The fraction of sp³-hybridized carbons (Fsp3) is 0.769. The topological polar surface area (TPSA) is 40.7 Å². The number of hydrogen-bond acceptors (Lipinski definition) is 2. The van der Waals surface area contributed by atoms with Crippen molar-refractivity contribution >= 4 is 0 Å². The predicted octanol–water partition coefficient (Wildman–Crippen LogP) is 2.78. The Bertz CT molecular complexity index is 313. The number of aromatic nitrogens is 2. The van der Waals surface area contributed by atoms with Crippen LogP contribution in [0.5, 0.6) is 0 Å². The molecule has 0 saturated heterocycles. The lowest BCUT2D eigenvalue weighted by atomic mass is 9.99. The van der Waals surface area contributed by atoms with Crippen LogP contribution in [0.1, 0.15) is 50.3 Å². The van der Waals surface area contributed by atoms with Crippen molar-refractivity contribution in [2.24, 2.45) is 5.92 Å². The van der Waals surface area contributed by atoms with Crippen LogP contribution in [0.4, 0.5) is 0 Å². The summed E-state index contributed by atoms with van der Waals surface area (Å²) in [6.45, 7) is 5.32. The zero-order chi connectivity index (χ0) is 11.4. The van der Waals surface area contributed by atoms with Crippen LogP contribution < -0.4 is 5.32 Å². The van der Waals surface area contributed by atoms with Crippen molar-refractivity contribution in [1.82, 2.24) is 15.5 Å². The first-order valence-corrected chi connectivity index (χ1v) is 6.48. The monoisotopic (exact) mass is 221 g/mol. The lowest BCUT2D eigenvalue weighted by Gasteiger charge is -2.17. The molecule has 3 nitrogen and oxygen atoms in total. The number of aromatic amines is 1. The Labute approximate surface area is 98.0 Å². The molecule has 3 heteroatoms. The number of H-pyrrole nitrogens is 1. The molecular formula is C13H23N3. The fourth-order valence-electron chi connectivity index (χ4n) is 2.67. The van der Waals surface area contributed by atoms with Gasteiger partial charge in [-0.05, 0) is 26.2 Å². The Morgan fingerprint density at radius 3 is 2.88 bits per heavy atom. The summed E-state index contributed by atoms with van der Waals surface area (Å²) >= 11 is 0. The summed E-state index contributed by atoms with van der Waals surface area (Å²) in [5.74, 6) is 0.966. The van der Waals surface area contributed by atoms with Gasteiger partial charge in [0.1, 0.15) is 0 Å². The summed E-state index contributed by atoms with van der Waals surface area (Å²) in [4.78, 5) is 0. The molecule has 0 radical (unpaired) electrons. The normalized spacial score (nSPS) is 19.1. The van der Waals surface area contributed by atoms with Gasteiger partial charge in [-0.25, -0.2) is 0 Å². The number of rotatable bonds is 5. The van der Waals surface area contributed by atoms with E-state index in [0.29, 0.717) is 6.04 Å². The van der Waals surface area contributed by atoms with Crippen molar-refractivity contribution in [3.05, 3.63) is 17.5 Å². The third-order valence-corrected chi connectivity index (χ3v) is 3.74. The van der Waals surface area contributed by atoms with Crippen LogP contribution in [0.25, 0.3) is 0 Å². The largest absolute Gasteiger partial charge is 0.310 e. The van der Waals surface area contributed by atoms with Gasteiger partial charge in [-0.15, -0.1) is 0 Å². The van der Waals surface area contributed by atoms with Crippen molar-refractivity contribution in [1.29, 1.82) is 0 Å². The fourth-order valence-corrected chi connectivity index (χ4v) is 2.67. The quantitative estimate of drug-likeness (QED) is 0.802. The molecule has 1 aliphatic carbocycles. The second-order valence-corrected chi connectivity index (χ2v) is 5.19. The SMILES string of the molecule is Cc1[nH]ncc1CNC(C)CC1CCCC1. The summed E-state index contributed by atoms with van der Waals surface area (Å²) in [7, 11) is 0. The van der Waals surface area contributed by atoms with Crippen LogP contribution in [-0.4, -0.2) is 16.2 Å². The van der Waals surface area contributed by atoms with Crippen LogP contribution in [0, 0.1) is 12.8 Å². The molecule has 0 bridgehead atoms. The van der Waals surface area contributed by atoms with E-state index in [1.165, 1.54) is 43.4 Å². The van der Waals surface area contributed by atoms with Crippen molar-refractivity contribution in [2.75, 3.05) is 0 Å². The molecule has 1 fully saturated rings. The van der Waals surface area contributed by atoms with E-state index in [9.17, 15) is 0 Å². The van der Waals surface area contributed by atoms with Crippen LogP contribution in [0.15, 0.2) is 6.20 Å². The molecule has 90 valence electrons. The Kier molecular flexibility index (Phi) is 3.99. The molecule has 0 aliphatic heterocycles. The van der Waals surface area contributed by atoms with Gasteiger partial charge in [0.2, 0.25) is 0 Å². The molecule has 2 rings (SSSR count). The van der Waals surface area contributed by atoms with Crippen LogP contribution in [0.3, 0.4) is 0 Å². The summed E-state index contributed by atoms with van der Waals surface area (Å²) < 4.78 is 0. The van der Waals surface area contributed by atoms with E-state index in [2.05, 4.69) is 29.4 Å². The van der Waals surface area contributed by atoms with Gasteiger partial charge >= 0.3 is 0 Å². The third kappa shape index (κ3) is 3.08. The van der Waals surface area contributed by atoms with Crippen LogP contribution in [0.2, 0.25) is 0 Å². The second kappa shape index (κ2) is 5.48. The second-order valence-electron chi connectivity index (χ2n) is 5.19.